The number of fused-ring (bicyclic) bond motifs is 1. The standard InChI is InChI=1S/C15H14N4O/c16-12-3-1-2-11-8-13(19-14(11)12)15(20)18-9-10-4-6-17-7-5-10/h1-8,19H,9,16H2,(H,18,20). The second kappa shape index (κ2) is 5.05. The molecule has 3 aromatic rings. The number of amides is 1. The van der Waals surface area contributed by atoms with Gasteiger partial charge >= 0.3 is 0 Å². The van der Waals surface area contributed by atoms with E-state index in [2.05, 4.69) is 15.3 Å². The molecule has 1 amide bonds. The van der Waals surface area contributed by atoms with Gasteiger partial charge in [-0.25, -0.2) is 0 Å². The van der Waals surface area contributed by atoms with Crippen molar-refractivity contribution in [2.45, 2.75) is 6.54 Å². The van der Waals surface area contributed by atoms with Gasteiger partial charge in [0.25, 0.3) is 5.91 Å². The maximum absolute atomic E-state index is 12.1. The third-order valence-electron chi connectivity index (χ3n) is 3.14. The first-order valence-corrected chi connectivity index (χ1v) is 6.28. The van der Waals surface area contributed by atoms with Crippen molar-refractivity contribution in [3.8, 4) is 0 Å². The van der Waals surface area contributed by atoms with Crippen LogP contribution >= 0.6 is 0 Å². The highest BCUT2D eigenvalue weighted by Gasteiger charge is 2.10. The molecule has 0 fully saturated rings. The van der Waals surface area contributed by atoms with E-state index in [1.54, 1.807) is 24.5 Å². The third kappa shape index (κ3) is 2.33. The van der Waals surface area contributed by atoms with E-state index in [-0.39, 0.29) is 5.91 Å². The van der Waals surface area contributed by atoms with Crippen LogP contribution in [0.25, 0.3) is 10.9 Å². The Labute approximate surface area is 115 Å². The molecule has 2 aromatic heterocycles. The molecule has 3 rings (SSSR count). The number of hydrogen-bond acceptors (Lipinski definition) is 3. The Hall–Kier alpha value is -2.82. The fourth-order valence-electron chi connectivity index (χ4n) is 2.08. The predicted molar refractivity (Wildman–Crippen MR) is 78.1 cm³/mol. The molecule has 5 nitrogen and oxygen atoms in total. The van der Waals surface area contributed by atoms with Gasteiger partial charge in [-0.2, -0.15) is 0 Å². The Bertz CT molecular complexity index is 749. The number of H-pyrrole nitrogens is 1. The molecule has 4 N–H and O–H groups in total. The van der Waals surface area contributed by atoms with E-state index < -0.39 is 0 Å². The Kier molecular flexibility index (Phi) is 3.09. The summed E-state index contributed by atoms with van der Waals surface area (Å²) in [5.41, 5.74) is 8.80. The number of hydrogen-bond donors (Lipinski definition) is 3. The van der Waals surface area contributed by atoms with Gasteiger partial charge in [-0.1, -0.05) is 12.1 Å². The van der Waals surface area contributed by atoms with Gasteiger partial charge in [-0.15, -0.1) is 0 Å². The number of benzene rings is 1. The molecule has 20 heavy (non-hydrogen) atoms. The molecule has 5 heteroatoms. The Morgan fingerprint density at radius 3 is 2.80 bits per heavy atom. The Morgan fingerprint density at radius 1 is 1.25 bits per heavy atom. The maximum atomic E-state index is 12.1. The summed E-state index contributed by atoms with van der Waals surface area (Å²) in [6.07, 6.45) is 3.40. The molecule has 2 heterocycles. The lowest BCUT2D eigenvalue weighted by Gasteiger charge is -2.03. The molecule has 0 spiro atoms. The summed E-state index contributed by atoms with van der Waals surface area (Å²) in [6.45, 7) is 0.464. The van der Waals surface area contributed by atoms with Crippen LogP contribution in [0.1, 0.15) is 16.1 Å². The van der Waals surface area contributed by atoms with Gasteiger partial charge in [0.15, 0.2) is 0 Å². The molecule has 0 radical (unpaired) electrons. The van der Waals surface area contributed by atoms with Crippen LogP contribution in [-0.4, -0.2) is 15.9 Å². The average molecular weight is 266 g/mol. The summed E-state index contributed by atoms with van der Waals surface area (Å²) in [4.78, 5) is 19.1. The van der Waals surface area contributed by atoms with E-state index in [0.29, 0.717) is 17.9 Å². The molecule has 0 unspecified atom stereocenters. The van der Waals surface area contributed by atoms with Crippen LogP contribution in [0, 0.1) is 0 Å². The fourth-order valence-corrected chi connectivity index (χ4v) is 2.08. The second-order valence-electron chi connectivity index (χ2n) is 4.53. The minimum absolute atomic E-state index is 0.155. The Morgan fingerprint density at radius 2 is 2.05 bits per heavy atom. The van der Waals surface area contributed by atoms with E-state index in [1.165, 1.54) is 0 Å². The number of nitrogens with one attached hydrogen (secondary N) is 2. The van der Waals surface area contributed by atoms with E-state index >= 15 is 0 Å². The van der Waals surface area contributed by atoms with Crippen molar-refractivity contribution in [3.05, 3.63) is 60.0 Å². The van der Waals surface area contributed by atoms with Crippen molar-refractivity contribution < 1.29 is 4.79 Å². The third-order valence-corrected chi connectivity index (χ3v) is 3.14. The highest BCUT2D eigenvalue weighted by atomic mass is 16.1. The van der Waals surface area contributed by atoms with Crippen molar-refractivity contribution in [1.82, 2.24) is 15.3 Å². The fraction of sp³-hybridized carbons (Fsp3) is 0.0667. The van der Waals surface area contributed by atoms with Crippen LogP contribution in [-0.2, 0) is 6.54 Å². The van der Waals surface area contributed by atoms with E-state index in [9.17, 15) is 4.79 Å². The monoisotopic (exact) mass is 266 g/mol. The highest BCUT2D eigenvalue weighted by Crippen LogP contribution is 2.20. The van der Waals surface area contributed by atoms with Crippen LogP contribution in [0.15, 0.2) is 48.8 Å². The molecule has 0 aliphatic rings. The summed E-state index contributed by atoms with van der Waals surface area (Å²) >= 11 is 0. The van der Waals surface area contributed by atoms with Crippen molar-refractivity contribution in [2.75, 3.05) is 5.73 Å². The summed E-state index contributed by atoms with van der Waals surface area (Å²) < 4.78 is 0. The normalized spacial score (nSPS) is 10.6. The minimum Gasteiger partial charge on any atom is -0.397 e. The van der Waals surface area contributed by atoms with Crippen LogP contribution in [0.5, 0.6) is 0 Å². The molecule has 0 aliphatic heterocycles. The zero-order chi connectivity index (χ0) is 13.9. The predicted octanol–water partition coefficient (Wildman–Crippen LogP) is 2.08. The lowest BCUT2D eigenvalue weighted by molar-refractivity contribution is 0.0947. The number of para-hydroxylation sites is 1. The number of nitrogens with zero attached hydrogens (tertiary/aromatic N) is 1. The number of rotatable bonds is 3. The summed E-state index contributed by atoms with van der Waals surface area (Å²) in [5.74, 6) is -0.155. The molecule has 0 aliphatic carbocycles. The largest absolute Gasteiger partial charge is 0.397 e. The zero-order valence-electron chi connectivity index (χ0n) is 10.8. The topological polar surface area (TPSA) is 83.8 Å². The molecule has 0 saturated heterocycles. The molecular formula is C15H14N4O. The van der Waals surface area contributed by atoms with Gasteiger partial charge in [-0.05, 0) is 29.8 Å². The lowest BCUT2D eigenvalue weighted by Crippen LogP contribution is -2.23. The number of nitrogens with two attached hydrogens (primary N) is 1. The van der Waals surface area contributed by atoms with Gasteiger partial charge in [0, 0.05) is 24.3 Å². The summed E-state index contributed by atoms with van der Waals surface area (Å²) in [5, 5.41) is 3.79. The number of nitrogen functional groups attached to an aromatic ring is 1. The maximum Gasteiger partial charge on any atom is 0.267 e. The van der Waals surface area contributed by atoms with E-state index in [4.69, 9.17) is 5.73 Å². The first-order valence-electron chi connectivity index (χ1n) is 6.28. The molecular weight excluding hydrogens is 252 g/mol. The van der Waals surface area contributed by atoms with Crippen molar-refractivity contribution in [1.29, 1.82) is 0 Å². The minimum atomic E-state index is -0.155. The SMILES string of the molecule is Nc1cccc2cc(C(=O)NCc3ccncc3)[nH]c12. The zero-order valence-corrected chi connectivity index (χ0v) is 10.8. The number of carbonyl (C=O) groups excluding carboxylic acids is 1. The molecule has 0 atom stereocenters. The van der Waals surface area contributed by atoms with Crippen LogP contribution in [0.3, 0.4) is 0 Å². The quantitative estimate of drug-likeness (QED) is 0.634. The first-order chi connectivity index (χ1) is 9.74. The number of aromatic nitrogens is 2. The molecule has 1 aromatic carbocycles. The van der Waals surface area contributed by atoms with Gasteiger partial charge < -0.3 is 16.0 Å². The lowest BCUT2D eigenvalue weighted by atomic mass is 10.2. The first kappa shape index (κ1) is 12.2. The number of carbonyl (C=O) groups is 1. The van der Waals surface area contributed by atoms with Crippen LogP contribution in [0.4, 0.5) is 5.69 Å². The van der Waals surface area contributed by atoms with Crippen molar-refractivity contribution in [2.24, 2.45) is 0 Å². The van der Waals surface area contributed by atoms with Crippen LogP contribution in [0.2, 0.25) is 0 Å². The van der Waals surface area contributed by atoms with Crippen molar-refractivity contribution >= 4 is 22.5 Å². The molecule has 0 bridgehead atoms. The van der Waals surface area contributed by atoms with Gasteiger partial charge in [0.05, 0.1) is 11.2 Å². The molecule has 100 valence electrons. The molecule has 0 saturated carbocycles. The van der Waals surface area contributed by atoms with Crippen LogP contribution < -0.4 is 11.1 Å². The van der Waals surface area contributed by atoms with Gasteiger partial charge in [-0.3, -0.25) is 9.78 Å². The van der Waals surface area contributed by atoms with Crippen molar-refractivity contribution in [3.63, 3.8) is 0 Å². The second-order valence-corrected chi connectivity index (χ2v) is 4.53. The summed E-state index contributed by atoms with van der Waals surface area (Å²) in [7, 11) is 0. The van der Waals surface area contributed by atoms with E-state index in [1.807, 2.05) is 24.3 Å². The van der Waals surface area contributed by atoms with Gasteiger partial charge in [0.2, 0.25) is 0 Å². The average Bonchev–Trinajstić information content (AvgIpc) is 2.91. The number of pyridine rings is 1. The highest BCUT2D eigenvalue weighted by molar-refractivity contribution is 6.00. The summed E-state index contributed by atoms with van der Waals surface area (Å²) in [6, 6.07) is 11.1. The smallest absolute Gasteiger partial charge is 0.267 e. The van der Waals surface area contributed by atoms with E-state index in [0.717, 1.165) is 16.5 Å². The Balaban J connectivity index is 1.77. The number of aromatic amines is 1. The van der Waals surface area contributed by atoms with Gasteiger partial charge in [0.1, 0.15) is 5.69 Å². The number of anilines is 1.